The zero-order valence-electron chi connectivity index (χ0n) is 26.7. The van der Waals surface area contributed by atoms with E-state index >= 15 is 0 Å². The highest BCUT2D eigenvalue weighted by molar-refractivity contribution is 6.12. The summed E-state index contributed by atoms with van der Waals surface area (Å²) in [7, 11) is 0. The molecule has 5 heteroatoms. The highest BCUT2D eigenvalue weighted by Gasteiger charge is 2.24. The van der Waals surface area contributed by atoms with Crippen LogP contribution >= 0.6 is 0 Å². The molecule has 0 N–H and O–H groups in total. The van der Waals surface area contributed by atoms with Crippen LogP contribution in [0, 0.1) is 0 Å². The van der Waals surface area contributed by atoms with Gasteiger partial charge in [-0.2, -0.15) is 0 Å². The second-order valence-corrected chi connectivity index (χ2v) is 12.8. The van der Waals surface area contributed by atoms with Crippen molar-refractivity contribution in [2.75, 3.05) is 0 Å². The second-order valence-electron chi connectivity index (χ2n) is 12.8. The zero-order chi connectivity index (χ0) is 32.8. The monoisotopic (exact) mass is 638 g/mol. The van der Waals surface area contributed by atoms with Gasteiger partial charge in [0.25, 0.3) is 0 Å². The largest absolute Gasteiger partial charge is 0.455 e. The van der Waals surface area contributed by atoms with Crippen molar-refractivity contribution in [1.82, 2.24) is 19.5 Å². The first-order valence-electron chi connectivity index (χ1n) is 16.8. The molecule has 5 nitrogen and oxygen atoms in total. The average molecular weight is 639 g/mol. The lowest BCUT2D eigenvalue weighted by atomic mass is 9.83. The summed E-state index contributed by atoms with van der Waals surface area (Å²) < 4.78 is 8.95. The molecule has 10 aromatic rings. The fourth-order valence-electron chi connectivity index (χ4n) is 7.96. The molecular weight excluding hydrogens is 613 g/mol. The third-order valence-corrected chi connectivity index (χ3v) is 10.1. The second kappa shape index (κ2) is 10.3. The predicted molar refractivity (Wildman–Crippen MR) is 202 cm³/mol. The summed E-state index contributed by atoms with van der Waals surface area (Å²) in [5.74, 6) is 0. The Morgan fingerprint density at radius 1 is 0.420 bits per heavy atom. The summed E-state index contributed by atoms with van der Waals surface area (Å²) in [5, 5.41) is 4.47. The van der Waals surface area contributed by atoms with Crippen LogP contribution in [-0.2, 0) is 0 Å². The molecule has 0 saturated carbocycles. The lowest BCUT2D eigenvalue weighted by molar-refractivity contribution is 0.670. The van der Waals surface area contributed by atoms with Gasteiger partial charge in [-0.25, -0.2) is 4.98 Å². The van der Waals surface area contributed by atoms with E-state index in [-0.39, 0.29) is 0 Å². The van der Waals surface area contributed by atoms with Crippen molar-refractivity contribution in [3.8, 4) is 61.6 Å². The van der Waals surface area contributed by atoms with E-state index in [1.54, 1.807) is 0 Å². The Hall–Kier alpha value is -6.85. The highest BCUT2D eigenvalue weighted by atomic mass is 16.3. The van der Waals surface area contributed by atoms with Crippen molar-refractivity contribution in [2.24, 2.45) is 0 Å². The molecule has 0 atom stereocenters. The van der Waals surface area contributed by atoms with Crippen LogP contribution in [0.3, 0.4) is 0 Å². The van der Waals surface area contributed by atoms with Crippen LogP contribution in [0.1, 0.15) is 0 Å². The number of benzene rings is 5. The van der Waals surface area contributed by atoms with Crippen molar-refractivity contribution in [3.05, 3.63) is 158 Å². The number of hydrogen-bond donors (Lipinski definition) is 0. The summed E-state index contributed by atoms with van der Waals surface area (Å²) in [6.45, 7) is 0. The maximum absolute atomic E-state index is 6.70. The SMILES string of the molecule is c1ccc2c(c1)-c1ccc(-c3cccc4c3oc3ccc(-n5c6ccccc6c6cccnc65)cc34)cc1-c1cccnc1-c1ncccc1-2. The molecule has 0 saturated heterocycles. The lowest BCUT2D eigenvalue weighted by Crippen LogP contribution is -2.00. The van der Waals surface area contributed by atoms with E-state index in [0.717, 1.165) is 94.5 Å². The van der Waals surface area contributed by atoms with Crippen LogP contribution in [0.25, 0.3) is 105 Å². The third-order valence-electron chi connectivity index (χ3n) is 10.1. The first kappa shape index (κ1) is 27.1. The van der Waals surface area contributed by atoms with Crippen molar-refractivity contribution < 1.29 is 4.42 Å². The average Bonchev–Trinajstić information content (AvgIpc) is 3.73. The zero-order valence-corrected chi connectivity index (χ0v) is 26.7. The van der Waals surface area contributed by atoms with Crippen LogP contribution in [0.2, 0.25) is 0 Å². The van der Waals surface area contributed by atoms with E-state index in [1.165, 1.54) is 10.9 Å². The van der Waals surface area contributed by atoms with E-state index < -0.39 is 0 Å². The minimum absolute atomic E-state index is 0.849. The van der Waals surface area contributed by atoms with Gasteiger partial charge < -0.3 is 4.42 Å². The number of nitrogens with zero attached hydrogens (tertiary/aromatic N) is 4. The molecule has 0 amide bonds. The molecule has 1 aliphatic carbocycles. The van der Waals surface area contributed by atoms with E-state index in [2.05, 4.69) is 126 Å². The van der Waals surface area contributed by atoms with Gasteiger partial charge in [0.2, 0.25) is 0 Å². The molecule has 0 fully saturated rings. The molecular formula is C45H26N4O. The number of fused-ring (bicyclic) bond motifs is 14. The first-order chi connectivity index (χ1) is 24.8. The fourth-order valence-corrected chi connectivity index (χ4v) is 7.96. The number of hydrogen-bond acceptors (Lipinski definition) is 4. The Bertz CT molecular complexity index is 2950. The Labute approximate surface area is 286 Å². The topological polar surface area (TPSA) is 56.7 Å². The number of para-hydroxylation sites is 2. The summed E-state index contributed by atoms with van der Waals surface area (Å²) in [5.41, 5.74) is 15.5. The van der Waals surface area contributed by atoms with Crippen LogP contribution in [0.4, 0.5) is 0 Å². The number of rotatable bonds is 2. The third kappa shape index (κ3) is 3.80. The standard InChI is InChI=1S/C45H26N4O/c1-2-10-31-30(9-1)32-20-18-27(25-38(32)35-15-7-23-47-43(35)42-34(31)14-6-22-46-42)29-12-5-13-36-39-26-28(19-21-41(39)50-44(29)36)49-40-17-4-3-11-33(40)37-16-8-24-48-45(37)49/h1-26H. The molecule has 5 aromatic carbocycles. The van der Waals surface area contributed by atoms with Crippen molar-refractivity contribution in [1.29, 1.82) is 0 Å². The summed E-state index contributed by atoms with van der Waals surface area (Å²) in [4.78, 5) is 14.6. The predicted octanol–water partition coefficient (Wildman–Crippen LogP) is 11.5. The maximum Gasteiger partial charge on any atom is 0.145 e. The highest BCUT2D eigenvalue weighted by Crippen LogP contribution is 2.48. The maximum atomic E-state index is 6.70. The minimum atomic E-state index is 0.849. The fraction of sp³-hybridized carbons (Fsp3) is 0. The minimum Gasteiger partial charge on any atom is -0.455 e. The molecule has 0 aliphatic heterocycles. The van der Waals surface area contributed by atoms with Crippen LogP contribution in [-0.4, -0.2) is 19.5 Å². The van der Waals surface area contributed by atoms with E-state index in [9.17, 15) is 0 Å². The Morgan fingerprint density at radius 3 is 1.92 bits per heavy atom. The van der Waals surface area contributed by atoms with Gasteiger partial charge in [-0.3, -0.25) is 14.5 Å². The van der Waals surface area contributed by atoms with Gasteiger partial charge in [0.15, 0.2) is 0 Å². The summed E-state index contributed by atoms with van der Waals surface area (Å²) in [6.07, 6.45) is 5.57. The van der Waals surface area contributed by atoms with Crippen molar-refractivity contribution in [2.45, 2.75) is 0 Å². The Morgan fingerprint density at radius 2 is 1.06 bits per heavy atom. The van der Waals surface area contributed by atoms with Crippen LogP contribution in [0.15, 0.2) is 163 Å². The van der Waals surface area contributed by atoms with Gasteiger partial charge >= 0.3 is 0 Å². The van der Waals surface area contributed by atoms with Gasteiger partial charge in [0.1, 0.15) is 16.8 Å². The quantitative estimate of drug-likeness (QED) is 0.189. The van der Waals surface area contributed by atoms with Gasteiger partial charge in [-0.1, -0.05) is 84.9 Å². The number of furan rings is 1. The molecule has 0 unspecified atom stereocenters. The molecule has 0 bridgehead atoms. The summed E-state index contributed by atoms with van der Waals surface area (Å²) in [6, 6.07) is 49.2. The van der Waals surface area contributed by atoms with E-state index in [1.807, 2.05) is 36.8 Å². The van der Waals surface area contributed by atoms with Gasteiger partial charge in [-0.15, -0.1) is 0 Å². The van der Waals surface area contributed by atoms with E-state index in [4.69, 9.17) is 19.4 Å². The Kier molecular flexibility index (Phi) is 5.60. The molecule has 5 heterocycles. The number of pyridine rings is 3. The lowest BCUT2D eigenvalue weighted by Gasteiger charge is -2.22. The first-order valence-corrected chi connectivity index (χ1v) is 16.8. The van der Waals surface area contributed by atoms with Gasteiger partial charge in [0.05, 0.1) is 16.9 Å². The molecule has 0 radical (unpaired) electrons. The molecule has 50 heavy (non-hydrogen) atoms. The smallest absolute Gasteiger partial charge is 0.145 e. The van der Waals surface area contributed by atoms with Gasteiger partial charge in [-0.05, 0) is 82.4 Å². The molecule has 0 spiro atoms. The van der Waals surface area contributed by atoms with Gasteiger partial charge in [0, 0.05) is 62.5 Å². The Balaban J connectivity index is 1.13. The molecule has 11 rings (SSSR count). The van der Waals surface area contributed by atoms with Crippen molar-refractivity contribution in [3.63, 3.8) is 0 Å². The normalized spacial score (nSPS) is 12.0. The molecule has 1 aliphatic rings. The molecule has 232 valence electrons. The number of aromatic nitrogens is 4. The van der Waals surface area contributed by atoms with Crippen LogP contribution in [0.5, 0.6) is 0 Å². The van der Waals surface area contributed by atoms with E-state index in [0.29, 0.717) is 0 Å². The van der Waals surface area contributed by atoms with Crippen molar-refractivity contribution >= 4 is 43.9 Å². The molecule has 5 aromatic heterocycles. The van der Waals surface area contributed by atoms with Crippen LogP contribution < -0.4 is 0 Å². The summed E-state index contributed by atoms with van der Waals surface area (Å²) >= 11 is 0.